The van der Waals surface area contributed by atoms with Gasteiger partial charge in [0.25, 0.3) is 0 Å². The van der Waals surface area contributed by atoms with Crippen LogP contribution >= 0.6 is 0 Å². The van der Waals surface area contributed by atoms with Crippen LogP contribution in [0.1, 0.15) is 38.7 Å². The van der Waals surface area contributed by atoms with E-state index in [1.54, 1.807) is 13.8 Å². The Morgan fingerprint density at radius 3 is 2.58 bits per heavy atom. The fourth-order valence-corrected chi connectivity index (χ4v) is 1.95. The number of carbonyl (C=O) groups is 1. The summed E-state index contributed by atoms with van der Waals surface area (Å²) in [5.41, 5.74) is 0.282. The van der Waals surface area contributed by atoms with Gasteiger partial charge < -0.3 is 4.74 Å². The van der Waals surface area contributed by atoms with E-state index in [1.807, 2.05) is 18.2 Å². The van der Waals surface area contributed by atoms with Crippen molar-refractivity contribution in [3.05, 3.63) is 35.9 Å². The number of benzene rings is 1. The van der Waals surface area contributed by atoms with Crippen LogP contribution in [0.4, 0.5) is 0 Å². The van der Waals surface area contributed by atoms with E-state index in [1.165, 1.54) is 5.56 Å². The van der Waals surface area contributed by atoms with Gasteiger partial charge in [-0.25, -0.2) is 0 Å². The van der Waals surface area contributed by atoms with Crippen LogP contribution in [0.2, 0.25) is 0 Å². The van der Waals surface area contributed by atoms with Crippen molar-refractivity contribution in [1.82, 2.24) is 0 Å². The minimum atomic E-state index is -1.01. The van der Waals surface area contributed by atoms with E-state index in [4.69, 9.17) is 10.00 Å². The van der Waals surface area contributed by atoms with E-state index in [2.05, 4.69) is 18.2 Å². The highest BCUT2D eigenvalue weighted by atomic mass is 16.5. The molecule has 0 radical (unpaired) electrons. The number of rotatable bonds is 7. The van der Waals surface area contributed by atoms with E-state index < -0.39 is 11.4 Å². The van der Waals surface area contributed by atoms with Gasteiger partial charge in [-0.05, 0) is 38.7 Å². The smallest absolute Gasteiger partial charge is 0.326 e. The van der Waals surface area contributed by atoms with Crippen LogP contribution in [0, 0.1) is 16.7 Å². The number of carbonyl (C=O) groups excluding carboxylic acids is 1. The molecule has 0 aromatic heterocycles. The molecule has 19 heavy (non-hydrogen) atoms. The lowest BCUT2D eigenvalue weighted by atomic mass is 9.86. The van der Waals surface area contributed by atoms with Crippen LogP contribution in [0.15, 0.2) is 30.3 Å². The molecule has 0 aliphatic rings. The second-order valence-electron chi connectivity index (χ2n) is 4.86. The summed E-state index contributed by atoms with van der Waals surface area (Å²) >= 11 is 0. The molecule has 3 nitrogen and oxygen atoms in total. The highest BCUT2D eigenvalue weighted by Crippen LogP contribution is 2.25. The first-order chi connectivity index (χ1) is 9.12. The van der Waals surface area contributed by atoms with Crippen LogP contribution in [0.25, 0.3) is 0 Å². The monoisotopic (exact) mass is 259 g/mol. The van der Waals surface area contributed by atoms with E-state index >= 15 is 0 Å². The van der Waals surface area contributed by atoms with Crippen molar-refractivity contribution in [2.75, 3.05) is 6.61 Å². The van der Waals surface area contributed by atoms with Gasteiger partial charge in [0.1, 0.15) is 0 Å². The molecule has 1 atom stereocenters. The maximum Gasteiger partial charge on any atom is 0.326 e. The van der Waals surface area contributed by atoms with Crippen LogP contribution in [-0.2, 0) is 16.0 Å². The summed E-state index contributed by atoms with van der Waals surface area (Å²) in [4.78, 5) is 11.7. The number of nitriles is 1. The van der Waals surface area contributed by atoms with Gasteiger partial charge in [-0.15, -0.1) is 0 Å². The third-order valence-electron chi connectivity index (χ3n) is 3.21. The fraction of sp³-hybridized carbons (Fsp3) is 0.500. The zero-order chi connectivity index (χ0) is 14.1. The summed E-state index contributed by atoms with van der Waals surface area (Å²) in [5, 5.41) is 9.15. The maximum absolute atomic E-state index is 11.7. The molecule has 0 saturated carbocycles. The van der Waals surface area contributed by atoms with Crippen molar-refractivity contribution in [1.29, 1.82) is 5.26 Å². The Balaban J connectivity index is 2.38. The largest absolute Gasteiger partial charge is 0.465 e. The SMILES string of the molecule is CCOC(=O)C(C)(C#N)CCCCc1ccccc1. The number of nitrogens with zero attached hydrogens (tertiary/aromatic N) is 1. The average molecular weight is 259 g/mol. The van der Waals surface area contributed by atoms with Crippen molar-refractivity contribution >= 4 is 5.97 Å². The number of ether oxygens (including phenoxy) is 1. The van der Waals surface area contributed by atoms with Gasteiger partial charge in [0.15, 0.2) is 5.41 Å². The maximum atomic E-state index is 11.7. The molecular weight excluding hydrogens is 238 g/mol. The van der Waals surface area contributed by atoms with Crippen LogP contribution in [0.3, 0.4) is 0 Å². The molecule has 0 bridgehead atoms. The number of esters is 1. The molecule has 3 heteroatoms. The van der Waals surface area contributed by atoms with E-state index in [9.17, 15) is 4.79 Å². The van der Waals surface area contributed by atoms with E-state index in [-0.39, 0.29) is 0 Å². The first-order valence-corrected chi connectivity index (χ1v) is 6.75. The molecule has 0 amide bonds. The Morgan fingerprint density at radius 2 is 2.00 bits per heavy atom. The van der Waals surface area contributed by atoms with E-state index in [0.29, 0.717) is 13.0 Å². The molecule has 0 fully saturated rings. The Labute approximate surface area is 115 Å². The van der Waals surface area contributed by atoms with Crippen LogP contribution < -0.4 is 0 Å². The fourth-order valence-electron chi connectivity index (χ4n) is 1.95. The molecule has 0 heterocycles. The van der Waals surface area contributed by atoms with Crippen LogP contribution in [-0.4, -0.2) is 12.6 Å². The second-order valence-corrected chi connectivity index (χ2v) is 4.86. The number of hydrogen-bond acceptors (Lipinski definition) is 3. The zero-order valence-electron chi connectivity index (χ0n) is 11.7. The average Bonchev–Trinajstić information content (AvgIpc) is 2.44. The third-order valence-corrected chi connectivity index (χ3v) is 3.21. The molecule has 0 N–H and O–H groups in total. The predicted molar refractivity (Wildman–Crippen MR) is 74.4 cm³/mol. The molecule has 1 aromatic rings. The highest BCUT2D eigenvalue weighted by Gasteiger charge is 2.34. The quantitative estimate of drug-likeness (QED) is 0.556. The number of unbranched alkanes of at least 4 members (excludes halogenated alkanes) is 1. The highest BCUT2D eigenvalue weighted by molar-refractivity contribution is 5.79. The number of hydrogen-bond donors (Lipinski definition) is 0. The molecule has 102 valence electrons. The number of aryl methyl sites for hydroxylation is 1. The van der Waals surface area contributed by atoms with Crippen molar-refractivity contribution in [3.63, 3.8) is 0 Å². The normalized spacial score (nSPS) is 13.3. The standard InChI is InChI=1S/C16H21NO2/c1-3-19-15(18)16(2,13-17)12-8-7-11-14-9-5-4-6-10-14/h4-6,9-10H,3,7-8,11-12H2,1-2H3. The topological polar surface area (TPSA) is 50.1 Å². The summed E-state index contributed by atoms with van der Waals surface area (Å²) < 4.78 is 4.95. The van der Waals surface area contributed by atoms with E-state index in [0.717, 1.165) is 19.3 Å². The van der Waals surface area contributed by atoms with Gasteiger partial charge >= 0.3 is 5.97 Å². The lowest BCUT2D eigenvalue weighted by Gasteiger charge is -2.19. The third kappa shape index (κ3) is 4.75. The Kier molecular flexibility index (Phi) is 6.08. The molecule has 0 aliphatic carbocycles. The van der Waals surface area contributed by atoms with Gasteiger partial charge in [-0.2, -0.15) is 5.26 Å². The van der Waals surface area contributed by atoms with Crippen molar-refractivity contribution in [2.45, 2.75) is 39.5 Å². The lowest BCUT2D eigenvalue weighted by molar-refractivity contribution is -0.151. The summed E-state index contributed by atoms with van der Waals surface area (Å²) in [6.45, 7) is 3.73. The minimum Gasteiger partial charge on any atom is -0.465 e. The molecule has 0 spiro atoms. The summed E-state index contributed by atoms with van der Waals surface area (Å²) in [7, 11) is 0. The Bertz CT molecular complexity index is 436. The van der Waals surface area contributed by atoms with Gasteiger partial charge in [-0.1, -0.05) is 36.8 Å². The molecule has 1 unspecified atom stereocenters. The molecular formula is C16H21NO2. The second kappa shape index (κ2) is 7.58. The first-order valence-electron chi connectivity index (χ1n) is 6.75. The summed E-state index contributed by atoms with van der Waals surface area (Å²) in [6, 6.07) is 12.3. The van der Waals surface area contributed by atoms with Gasteiger partial charge in [0.2, 0.25) is 0 Å². The van der Waals surface area contributed by atoms with Crippen molar-refractivity contribution < 1.29 is 9.53 Å². The minimum absolute atomic E-state index is 0.320. The Morgan fingerprint density at radius 1 is 1.32 bits per heavy atom. The van der Waals surface area contributed by atoms with Crippen molar-refractivity contribution in [2.24, 2.45) is 5.41 Å². The van der Waals surface area contributed by atoms with Gasteiger partial charge in [0.05, 0.1) is 12.7 Å². The molecule has 1 rings (SSSR count). The van der Waals surface area contributed by atoms with Crippen molar-refractivity contribution in [3.8, 4) is 6.07 Å². The zero-order valence-corrected chi connectivity index (χ0v) is 11.7. The Hall–Kier alpha value is -1.82. The first kappa shape index (κ1) is 15.2. The summed E-state index contributed by atoms with van der Waals surface area (Å²) in [6.07, 6.45) is 3.35. The molecule has 1 aromatic carbocycles. The van der Waals surface area contributed by atoms with Gasteiger partial charge in [0, 0.05) is 0 Å². The lowest BCUT2D eigenvalue weighted by Crippen LogP contribution is -2.28. The molecule has 0 aliphatic heterocycles. The van der Waals surface area contributed by atoms with Gasteiger partial charge in [-0.3, -0.25) is 4.79 Å². The summed E-state index contributed by atoms with van der Waals surface area (Å²) in [5.74, 6) is -0.405. The molecule has 0 saturated heterocycles. The van der Waals surface area contributed by atoms with Crippen LogP contribution in [0.5, 0.6) is 0 Å². The predicted octanol–water partition coefficient (Wildman–Crippen LogP) is 3.49.